The fourth-order valence-corrected chi connectivity index (χ4v) is 4.01. The molecule has 0 spiro atoms. The molecule has 0 bridgehead atoms. The molecule has 2 fully saturated rings. The van der Waals surface area contributed by atoms with E-state index in [0.29, 0.717) is 18.3 Å². The van der Waals surface area contributed by atoms with Crippen LogP contribution in [0.1, 0.15) is 26.2 Å². The first-order chi connectivity index (χ1) is 14.2. The summed E-state index contributed by atoms with van der Waals surface area (Å²) in [6, 6.07) is 8.89. The quantitative estimate of drug-likeness (QED) is 0.724. The van der Waals surface area contributed by atoms with E-state index in [1.807, 2.05) is 13.0 Å². The van der Waals surface area contributed by atoms with Gasteiger partial charge in [-0.3, -0.25) is 9.59 Å². The SMILES string of the molecule is CCOc1ccc(N2C(=O)C[C@@H]([NH2+]C3CCN(c4ncccn4)CC3)C2=O)cc1. The Hall–Kier alpha value is -3.00. The molecule has 4 rings (SSSR count). The molecule has 8 nitrogen and oxygen atoms in total. The van der Waals surface area contributed by atoms with Crippen LogP contribution in [0, 0.1) is 0 Å². The molecule has 2 saturated heterocycles. The lowest BCUT2D eigenvalue weighted by Gasteiger charge is -2.31. The topological polar surface area (TPSA) is 92.2 Å². The van der Waals surface area contributed by atoms with E-state index < -0.39 is 0 Å². The molecule has 1 aromatic carbocycles. The largest absolute Gasteiger partial charge is 0.494 e. The third-order valence-electron chi connectivity index (χ3n) is 5.47. The van der Waals surface area contributed by atoms with Crippen LogP contribution in [-0.2, 0) is 9.59 Å². The summed E-state index contributed by atoms with van der Waals surface area (Å²) in [7, 11) is 0. The van der Waals surface area contributed by atoms with Gasteiger partial charge in [-0.1, -0.05) is 0 Å². The summed E-state index contributed by atoms with van der Waals surface area (Å²) in [5, 5.41) is 2.08. The monoisotopic (exact) mass is 396 g/mol. The van der Waals surface area contributed by atoms with E-state index in [9.17, 15) is 9.59 Å². The minimum atomic E-state index is -0.349. The minimum Gasteiger partial charge on any atom is -0.494 e. The molecular formula is C21H26N5O3+. The molecule has 0 aliphatic carbocycles. The van der Waals surface area contributed by atoms with Crippen molar-refractivity contribution in [1.82, 2.24) is 9.97 Å². The highest BCUT2D eigenvalue weighted by atomic mass is 16.5. The summed E-state index contributed by atoms with van der Waals surface area (Å²) in [6.45, 7) is 4.19. The van der Waals surface area contributed by atoms with Crippen molar-refractivity contribution in [3.8, 4) is 5.75 Å². The number of hydrogen-bond donors (Lipinski definition) is 1. The highest BCUT2D eigenvalue weighted by Crippen LogP contribution is 2.24. The van der Waals surface area contributed by atoms with Crippen LogP contribution in [0.15, 0.2) is 42.7 Å². The van der Waals surface area contributed by atoms with Crippen LogP contribution in [-0.4, -0.2) is 53.6 Å². The molecule has 2 N–H and O–H groups in total. The van der Waals surface area contributed by atoms with Crippen molar-refractivity contribution in [1.29, 1.82) is 0 Å². The summed E-state index contributed by atoms with van der Waals surface area (Å²) in [5.74, 6) is 1.20. The van der Waals surface area contributed by atoms with Gasteiger partial charge in [-0.05, 0) is 37.3 Å². The number of anilines is 2. The molecule has 8 heteroatoms. The molecular weight excluding hydrogens is 370 g/mol. The molecule has 0 unspecified atom stereocenters. The van der Waals surface area contributed by atoms with Crippen molar-refractivity contribution in [2.45, 2.75) is 38.3 Å². The number of piperidine rings is 1. The van der Waals surface area contributed by atoms with Gasteiger partial charge < -0.3 is 15.0 Å². The van der Waals surface area contributed by atoms with Crippen LogP contribution in [0.3, 0.4) is 0 Å². The standard InChI is InChI=1S/C21H25N5O3/c1-2-29-17-6-4-16(5-7-17)26-19(27)14-18(20(26)28)24-15-8-12-25(13-9-15)21-22-10-3-11-23-21/h3-7,10-11,15,18,24H,2,8-9,12-14H2,1H3/p+1/t18-/m1/s1. The maximum Gasteiger partial charge on any atom is 0.292 e. The number of hydrogen-bond acceptors (Lipinski definition) is 6. The summed E-state index contributed by atoms with van der Waals surface area (Å²) < 4.78 is 5.43. The van der Waals surface area contributed by atoms with E-state index >= 15 is 0 Å². The van der Waals surface area contributed by atoms with Gasteiger partial charge in [0.05, 0.1) is 24.8 Å². The zero-order chi connectivity index (χ0) is 20.2. The lowest BCUT2D eigenvalue weighted by molar-refractivity contribution is -0.709. The number of ether oxygens (including phenoxy) is 1. The average molecular weight is 396 g/mol. The minimum absolute atomic E-state index is 0.131. The Morgan fingerprint density at radius 3 is 2.45 bits per heavy atom. The number of amides is 2. The lowest BCUT2D eigenvalue weighted by Crippen LogP contribution is -2.97. The van der Waals surface area contributed by atoms with Gasteiger partial charge in [-0.15, -0.1) is 0 Å². The first-order valence-electron chi connectivity index (χ1n) is 10.1. The van der Waals surface area contributed by atoms with Crippen molar-refractivity contribution in [3.05, 3.63) is 42.7 Å². The van der Waals surface area contributed by atoms with Gasteiger partial charge in [0, 0.05) is 38.3 Å². The number of imide groups is 1. The molecule has 0 saturated carbocycles. The molecule has 2 aliphatic rings. The van der Waals surface area contributed by atoms with Gasteiger partial charge >= 0.3 is 0 Å². The van der Waals surface area contributed by atoms with Gasteiger partial charge in [-0.25, -0.2) is 14.9 Å². The number of carbonyl (C=O) groups excluding carboxylic acids is 2. The molecule has 2 aliphatic heterocycles. The van der Waals surface area contributed by atoms with E-state index in [-0.39, 0.29) is 24.3 Å². The Bertz CT molecular complexity index is 850. The van der Waals surface area contributed by atoms with Crippen molar-refractivity contribution in [2.75, 3.05) is 29.5 Å². The van der Waals surface area contributed by atoms with Crippen molar-refractivity contribution >= 4 is 23.5 Å². The molecule has 2 aromatic rings. The second-order valence-electron chi connectivity index (χ2n) is 7.37. The maximum atomic E-state index is 12.9. The van der Waals surface area contributed by atoms with E-state index in [1.165, 1.54) is 4.90 Å². The van der Waals surface area contributed by atoms with Crippen molar-refractivity contribution in [3.63, 3.8) is 0 Å². The zero-order valence-electron chi connectivity index (χ0n) is 16.5. The average Bonchev–Trinajstić information content (AvgIpc) is 3.03. The molecule has 3 heterocycles. The number of carbonyl (C=O) groups is 2. The predicted molar refractivity (Wildman–Crippen MR) is 108 cm³/mol. The Balaban J connectivity index is 1.35. The maximum absolute atomic E-state index is 12.9. The Morgan fingerprint density at radius 2 is 1.79 bits per heavy atom. The molecule has 2 amide bonds. The highest BCUT2D eigenvalue weighted by Gasteiger charge is 2.43. The second-order valence-corrected chi connectivity index (χ2v) is 7.37. The first kappa shape index (κ1) is 19.3. The van der Waals surface area contributed by atoms with Crippen LogP contribution in [0.25, 0.3) is 0 Å². The van der Waals surface area contributed by atoms with Crippen LogP contribution >= 0.6 is 0 Å². The van der Waals surface area contributed by atoms with E-state index in [4.69, 9.17) is 4.74 Å². The number of nitrogens with two attached hydrogens (primary N) is 1. The fraction of sp³-hybridized carbons (Fsp3) is 0.429. The Labute approximate surface area is 169 Å². The van der Waals surface area contributed by atoms with Gasteiger partial charge in [-0.2, -0.15) is 0 Å². The zero-order valence-corrected chi connectivity index (χ0v) is 16.5. The molecule has 152 valence electrons. The van der Waals surface area contributed by atoms with Crippen LogP contribution in [0.2, 0.25) is 0 Å². The second kappa shape index (κ2) is 8.57. The summed E-state index contributed by atoms with van der Waals surface area (Å²) in [4.78, 5) is 37.5. The summed E-state index contributed by atoms with van der Waals surface area (Å²) >= 11 is 0. The van der Waals surface area contributed by atoms with Gasteiger partial charge in [0.15, 0.2) is 6.04 Å². The van der Waals surface area contributed by atoms with Crippen LogP contribution < -0.4 is 19.9 Å². The van der Waals surface area contributed by atoms with Crippen molar-refractivity contribution < 1.29 is 19.6 Å². The number of benzene rings is 1. The Morgan fingerprint density at radius 1 is 1.10 bits per heavy atom. The Kier molecular flexibility index (Phi) is 5.71. The van der Waals surface area contributed by atoms with E-state index in [2.05, 4.69) is 20.2 Å². The first-order valence-corrected chi connectivity index (χ1v) is 10.1. The number of nitrogens with zero attached hydrogens (tertiary/aromatic N) is 4. The third-order valence-corrected chi connectivity index (χ3v) is 5.47. The van der Waals surface area contributed by atoms with E-state index in [1.54, 1.807) is 36.7 Å². The van der Waals surface area contributed by atoms with Gasteiger partial charge in [0.25, 0.3) is 5.91 Å². The molecule has 1 aromatic heterocycles. The molecule has 1 atom stereocenters. The van der Waals surface area contributed by atoms with Gasteiger partial charge in [0.1, 0.15) is 5.75 Å². The number of aromatic nitrogens is 2. The third kappa shape index (κ3) is 4.22. The van der Waals surface area contributed by atoms with Gasteiger partial charge in [0.2, 0.25) is 11.9 Å². The molecule has 29 heavy (non-hydrogen) atoms. The fourth-order valence-electron chi connectivity index (χ4n) is 4.01. The predicted octanol–water partition coefficient (Wildman–Crippen LogP) is 0.740. The lowest BCUT2D eigenvalue weighted by atomic mass is 10.0. The van der Waals surface area contributed by atoms with Crippen LogP contribution in [0.5, 0.6) is 5.75 Å². The summed E-state index contributed by atoms with van der Waals surface area (Å²) in [6.07, 6.45) is 5.60. The number of rotatable bonds is 6. The number of quaternary nitrogens is 1. The van der Waals surface area contributed by atoms with Crippen LogP contribution in [0.4, 0.5) is 11.6 Å². The molecule has 0 radical (unpaired) electrons. The summed E-state index contributed by atoms with van der Waals surface area (Å²) in [5.41, 5.74) is 0.607. The van der Waals surface area contributed by atoms with E-state index in [0.717, 1.165) is 37.6 Å². The van der Waals surface area contributed by atoms with Crippen molar-refractivity contribution in [2.24, 2.45) is 0 Å². The highest BCUT2D eigenvalue weighted by molar-refractivity contribution is 6.21. The smallest absolute Gasteiger partial charge is 0.292 e. The normalized spacial score (nSPS) is 20.4.